The summed E-state index contributed by atoms with van der Waals surface area (Å²) >= 11 is 0. The lowest BCUT2D eigenvalue weighted by Crippen LogP contribution is -2.10. The molecule has 3 nitrogen and oxygen atoms in total. The van der Waals surface area contributed by atoms with Gasteiger partial charge in [0.1, 0.15) is 17.2 Å². The maximum absolute atomic E-state index is 5.92. The van der Waals surface area contributed by atoms with Gasteiger partial charge in [-0.15, -0.1) is 0 Å². The number of benzene rings is 2. The molecule has 0 aromatic heterocycles. The minimum atomic E-state index is 0.0942. The lowest BCUT2D eigenvalue weighted by atomic mass is 9.87. The van der Waals surface area contributed by atoms with E-state index in [0.29, 0.717) is 18.0 Å². The monoisotopic (exact) mass is 285 g/mol. The smallest absolute Gasteiger partial charge is 0.145 e. The van der Waals surface area contributed by atoms with Crippen molar-refractivity contribution in [2.45, 2.75) is 33.1 Å². The van der Waals surface area contributed by atoms with E-state index < -0.39 is 0 Å². The zero-order valence-electron chi connectivity index (χ0n) is 13.1. The molecule has 0 unspecified atom stereocenters. The van der Waals surface area contributed by atoms with Crippen LogP contribution < -0.4 is 15.2 Å². The van der Waals surface area contributed by atoms with Crippen LogP contribution in [0, 0.1) is 0 Å². The van der Waals surface area contributed by atoms with E-state index in [1.54, 1.807) is 6.07 Å². The van der Waals surface area contributed by atoms with Crippen LogP contribution in [0.5, 0.6) is 17.2 Å². The molecule has 21 heavy (non-hydrogen) atoms. The molecule has 2 aromatic carbocycles. The molecule has 0 saturated carbocycles. The van der Waals surface area contributed by atoms with Crippen molar-refractivity contribution < 1.29 is 9.47 Å². The van der Waals surface area contributed by atoms with Crippen LogP contribution in [0.3, 0.4) is 0 Å². The Morgan fingerprint density at radius 3 is 2.38 bits per heavy atom. The van der Waals surface area contributed by atoms with Crippen LogP contribution in [0.2, 0.25) is 0 Å². The molecule has 3 heteroatoms. The molecule has 112 valence electrons. The van der Waals surface area contributed by atoms with Crippen molar-refractivity contribution in [1.29, 1.82) is 0 Å². The summed E-state index contributed by atoms with van der Waals surface area (Å²) in [5.74, 6) is 2.19. The van der Waals surface area contributed by atoms with E-state index in [9.17, 15) is 0 Å². The Labute approximate surface area is 126 Å². The minimum Gasteiger partial charge on any atom is -0.492 e. The largest absolute Gasteiger partial charge is 0.492 e. The van der Waals surface area contributed by atoms with E-state index in [-0.39, 0.29) is 5.41 Å². The first kappa shape index (κ1) is 15.2. The van der Waals surface area contributed by atoms with Crippen molar-refractivity contribution in [3.8, 4) is 17.2 Å². The van der Waals surface area contributed by atoms with Gasteiger partial charge < -0.3 is 15.2 Å². The number of rotatable bonds is 4. The van der Waals surface area contributed by atoms with Crippen LogP contribution in [0.15, 0.2) is 42.5 Å². The normalized spacial score (nSPS) is 11.2. The second-order valence-electron chi connectivity index (χ2n) is 6.01. The summed E-state index contributed by atoms with van der Waals surface area (Å²) in [5, 5.41) is 0. The number of nitrogens with two attached hydrogens (primary N) is 1. The number of anilines is 1. The average Bonchev–Trinajstić information content (AvgIpc) is 2.42. The summed E-state index contributed by atoms with van der Waals surface area (Å²) in [4.78, 5) is 0. The fourth-order valence-electron chi connectivity index (χ4n) is 2.02. The summed E-state index contributed by atoms with van der Waals surface area (Å²) in [6, 6.07) is 13.6. The summed E-state index contributed by atoms with van der Waals surface area (Å²) in [6.45, 7) is 9.06. The topological polar surface area (TPSA) is 44.5 Å². The molecule has 0 aliphatic rings. The third-order valence-electron chi connectivity index (χ3n) is 3.22. The second-order valence-corrected chi connectivity index (χ2v) is 6.01. The van der Waals surface area contributed by atoms with Crippen LogP contribution in [-0.2, 0) is 5.41 Å². The van der Waals surface area contributed by atoms with Gasteiger partial charge in [-0.25, -0.2) is 0 Å². The van der Waals surface area contributed by atoms with E-state index >= 15 is 0 Å². The van der Waals surface area contributed by atoms with Gasteiger partial charge >= 0.3 is 0 Å². The molecule has 0 aliphatic carbocycles. The summed E-state index contributed by atoms with van der Waals surface area (Å²) in [6.07, 6.45) is 0. The van der Waals surface area contributed by atoms with Crippen LogP contribution in [0.1, 0.15) is 33.3 Å². The third-order valence-corrected chi connectivity index (χ3v) is 3.22. The molecule has 0 aliphatic heterocycles. The number of hydrogen-bond acceptors (Lipinski definition) is 3. The van der Waals surface area contributed by atoms with E-state index in [1.165, 1.54) is 5.56 Å². The Morgan fingerprint density at radius 1 is 1.00 bits per heavy atom. The van der Waals surface area contributed by atoms with Crippen LogP contribution in [-0.4, -0.2) is 6.61 Å². The van der Waals surface area contributed by atoms with Gasteiger partial charge in [0.2, 0.25) is 0 Å². The lowest BCUT2D eigenvalue weighted by molar-refractivity contribution is 0.340. The van der Waals surface area contributed by atoms with Crippen LogP contribution in [0.4, 0.5) is 5.69 Å². The Morgan fingerprint density at radius 2 is 1.71 bits per heavy atom. The number of ether oxygens (including phenoxy) is 2. The SMILES string of the molecule is CCOc1cc(Oc2cccc(C(C)(C)C)c2)ccc1N. The highest BCUT2D eigenvalue weighted by molar-refractivity contribution is 5.56. The summed E-state index contributed by atoms with van der Waals surface area (Å²) < 4.78 is 11.4. The third kappa shape index (κ3) is 3.91. The van der Waals surface area contributed by atoms with Gasteiger partial charge in [-0.2, -0.15) is 0 Å². The first-order valence-corrected chi connectivity index (χ1v) is 7.21. The van der Waals surface area contributed by atoms with Crippen molar-refractivity contribution in [3.63, 3.8) is 0 Å². The van der Waals surface area contributed by atoms with Crippen LogP contribution in [0.25, 0.3) is 0 Å². The summed E-state index contributed by atoms with van der Waals surface area (Å²) in [7, 11) is 0. The minimum absolute atomic E-state index is 0.0942. The maximum Gasteiger partial charge on any atom is 0.145 e. The van der Waals surface area contributed by atoms with E-state index in [4.69, 9.17) is 15.2 Å². The number of hydrogen-bond donors (Lipinski definition) is 1. The molecule has 2 N–H and O–H groups in total. The van der Waals surface area contributed by atoms with E-state index in [2.05, 4.69) is 32.9 Å². The zero-order chi connectivity index (χ0) is 15.5. The van der Waals surface area contributed by atoms with Gasteiger partial charge in [-0.05, 0) is 42.2 Å². The molecular formula is C18H23NO2. The highest BCUT2D eigenvalue weighted by atomic mass is 16.5. The molecular weight excluding hydrogens is 262 g/mol. The quantitative estimate of drug-likeness (QED) is 0.824. The zero-order valence-corrected chi connectivity index (χ0v) is 13.1. The fraction of sp³-hybridized carbons (Fsp3) is 0.333. The van der Waals surface area contributed by atoms with E-state index in [0.717, 1.165) is 11.5 Å². The Bertz CT molecular complexity index is 615. The Hall–Kier alpha value is -2.16. The van der Waals surface area contributed by atoms with Gasteiger partial charge in [0.15, 0.2) is 0 Å². The molecule has 0 bridgehead atoms. The molecule has 0 saturated heterocycles. The van der Waals surface area contributed by atoms with Crippen molar-refractivity contribution in [2.75, 3.05) is 12.3 Å². The fourth-order valence-corrected chi connectivity index (χ4v) is 2.02. The second kappa shape index (κ2) is 6.08. The highest BCUT2D eigenvalue weighted by Crippen LogP contribution is 2.32. The Balaban J connectivity index is 2.24. The molecule has 0 spiro atoms. The molecule has 0 fully saturated rings. The predicted octanol–water partition coefficient (Wildman–Crippen LogP) is 4.76. The summed E-state index contributed by atoms with van der Waals surface area (Å²) in [5.41, 5.74) is 7.82. The van der Waals surface area contributed by atoms with Gasteiger partial charge in [-0.3, -0.25) is 0 Å². The van der Waals surface area contributed by atoms with Gasteiger partial charge in [-0.1, -0.05) is 32.9 Å². The Kier molecular flexibility index (Phi) is 4.41. The maximum atomic E-state index is 5.92. The average molecular weight is 285 g/mol. The molecule has 0 atom stereocenters. The molecule has 0 heterocycles. The van der Waals surface area contributed by atoms with Crippen LogP contribution >= 0.6 is 0 Å². The number of nitrogen functional groups attached to an aromatic ring is 1. The molecule has 2 aromatic rings. The molecule has 0 amide bonds. The van der Waals surface area contributed by atoms with Crippen molar-refractivity contribution >= 4 is 5.69 Å². The molecule has 2 rings (SSSR count). The first-order chi connectivity index (χ1) is 9.90. The lowest BCUT2D eigenvalue weighted by Gasteiger charge is -2.19. The van der Waals surface area contributed by atoms with Crippen molar-refractivity contribution in [1.82, 2.24) is 0 Å². The first-order valence-electron chi connectivity index (χ1n) is 7.21. The predicted molar refractivity (Wildman–Crippen MR) is 87.2 cm³/mol. The van der Waals surface area contributed by atoms with Crippen molar-refractivity contribution in [3.05, 3.63) is 48.0 Å². The van der Waals surface area contributed by atoms with Gasteiger partial charge in [0.05, 0.1) is 12.3 Å². The van der Waals surface area contributed by atoms with Crippen molar-refractivity contribution in [2.24, 2.45) is 0 Å². The van der Waals surface area contributed by atoms with Gasteiger partial charge in [0, 0.05) is 6.07 Å². The molecule has 0 radical (unpaired) electrons. The van der Waals surface area contributed by atoms with Gasteiger partial charge in [0.25, 0.3) is 0 Å². The van der Waals surface area contributed by atoms with E-state index in [1.807, 2.05) is 31.2 Å². The highest BCUT2D eigenvalue weighted by Gasteiger charge is 2.14. The standard InChI is InChI=1S/C18H23NO2/c1-5-20-17-12-15(9-10-16(17)19)21-14-8-6-7-13(11-14)18(2,3)4/h6-12H,5,19H2,1-4H3.